The Labute approximate surface area is 198 Å². The lowest BCUT2D eigenvalue weighted by molar-refractivity contribution is -0.124. The normalized spacial score (nSPS) is 15.1. The fraction of sp³-hybridized carbons (Fsp3) is 0.222. The van der Waals surface area contributed by atoms with E-state index in [0.29, 0.717) is 24.3 Å². The molecular weight excluding hydrogens is 430 g/mol. The minimum atomic E-state index is -0.627. The van der Waals surface area contributed by atoms with Gasteiger partial charge in [0.2, 0.25) is 17.7 Å². The fourth-order valence-electron chi connectivity index (χ4n) is 3.98. The van der Waals surface area contributed by atoms with Crippen molar-refractivity contribution in [1.29, 1.82) is 0 Å². The maximum Gasteiger partial charge on any atom is 0.247 e. The first-order valence-corrected chi connectivity index (χ1v) is 11.3. The Morgan fingerprint density at radius 1 is 1.06 bits per heavy atom. The third-order valence-electron chi connectivity index (χ3n) is 5.72. The van der Waals surface area contributed by atoms with E-state index in [-0.39, 0.29) is 30.7 Å². The van der Waals surface area contributed by atoms with Crippen molar-refractivity contribution in [3.8, 4) is 0 Å². The molecule has 4 rings (SSSR count). The summed E-state index contributed by atoms with van der Waals surface area (Å²) in [5.74, 6) is -0.195. The molecule has 1 aliphatic rings. The van der Waals surface area contributed by atoms with E-state index in [0.717, 1.165) is 16.8 Å². The molecule has 7 nitrogen and oxygen atoms in total. The standard InChI is InChI=1S/C27H27N3O4/c1-19-8-11-21(12-9-19)29-27(33)24-14-10-20-5-2-3-7-23(20)30(24)26(32)16-17-28-25(31)15-13-22-6-4-18-34-22/h2-9,11-13,15,18,24H,10,14,16-17H2,1H3,(H,28,31)(H,29,33)/b15-13+. The Morgan fingerprint density at radius 2 is 1.85 bits per heavy atom. The zero-order valence-corrected chi connectivity index (χ0v) is 19.0. The van der Waals surface area contributed by atoms with Gasteiger partial charge in [-0.05, 0) is 61.7 Å². The van der Waals surface area contributed by atoms with Crippen LogP contribution < -0.4 is 15.5 Å². The van der Waals surface area contributed by atoms with E-state index < -0.39 is 6.04 Å². The summed E-state index contributed by atoms with van der Waals surface area (Å²) in [6, 6.07) is 18.0. The second kappa shape index (κ2) is 10.7. The number of benzene rings is 2. The van der Waals surface area contributed by atoms with Crippen LogP contribution in [0.4, 0.5) is 11.4 Å². The third kappa shape index (κ3) is 5.61. The number of anilines is 2. The van der Waals surface area contributed by atoms with E-state index in [1.54, 1.807) is 23.1 Å². The number of aryl methyl sites for hydroxylation is 2. The molecular formula is C27H27N3O4. The zero-order chi connectivity index (χ0) is 23.9. The number of carbonyl (C=O) groups is 3. The lowest BCUT2D eigenvalue weighted by Crippen LogP contribution is -2.50. The Hall–Kier alpha value is -4.13. The fourth-order valence-corrected chi connectivity index (χ4v) is 3.98. The minimum Gasteiger partial charge on any atom is -0.465 e. The van der Waals surface area contributed by atoms with Gasteiger partial charge in [0.1, 0.15) is 11.8 Å². The first-order valence-electron chi connectivity index (χ1n) is 11.3. The van der Waals surface area contributed by atoms with Crippen molar-refractivity contribution < 1.29 is 18.8 Å². The van der Waals surface area contributed by atoms with Gasteiger partial charge >= 0.3 is 0 Å². The van der Waals surface area contributed by atoms with Crippen LogP contribution in [0.25, 0.3) is 6.08 Å². The van der Waals surface area contributed by atoms with Crippen LogP contribution in [0, 0.1) is 6.92 Å². The minimum absolute atomic E-state index is 0.0724. The van der Waals surface area contributed by atoms with Crippen LogP contribution in [-0.4, -0.2) is 30.3 Å². The van der Waals surface area contributed by atoms with E-state index >= 15 is 0 Å². The van der Waals surface area contributed by atoms with Gasteiger partial charge < -0.3 is 15.1 Å². The molecule has 1 unspecified atom stereocenters. The topological polar surface area (TPSA) is 91.7 Å². The molecule has 0 radical (unpaired) electrons. The molecule has 3 aromatic rings. The molecule has 0 spiro atoms. The van der Waals surface area contributed by atoms with E-state index in [1.165, 1.54) is 12.3 Å². The SMILES string of the molecule is Cc1ccc(NC(=O)C2CCc3ccccc3N2C(=O)CCNC(=O)/C=C/c2ccco2)cc1. The van der Waals surface area contributed by atoms with Gasteiger partial charge in [-0.3, -0.25) is 19.3 Å². The molecule has 1 atom stereocenters. The summed E-state index contributed by atoms with van der Waals surface area (Å²) >= 11 is 0. The van der Waals surface area contributed by atoms with Crippen LogP contribution >= 0.6 is 0 Å². The highest BCUT2D eigenvalue weighted by molar-refractivity contribution is 6.06. The summed E-state index contributed by atoms with van der Waals surface area (Å²) in [5.41, 5.74) is 3.56. The number of fused-ring (bicyclic) bond motifs is 1. The van der Waals surface area contributed by atoms with Gasteiger partial charge in [-0.25, -0.2) is 0 Å². The largest absolute Gasteiger partial charge is 0.465 e. The van der Waals surface area contributed by atoms with Gasteiger partial charge in [0, 0.05) is 30.4 Å². The number of rotatable bonds is 7. The molecule has 174 valence electrons. The second-order valence-corrected chi connectivity index (χ2v) is 8.19. The maximum absolute atomic E-state index is 13.3. The molecule has 7 heteroatoms. The average Bonchev–Trinajstić information content (AvgIpc) is 3.37. The molecule has 1 aromatic heterocycles. The summed E-state index contributed by atoms with van der Waals surface area (Å²) < 4.78 is 5.16. The van der Waals surface area contributed by atoms with Gasteiger partial charge in [-0.15, -0.1) is 0 Å². The lowest BCUT2D eigenvalue weighted by atomic mass is 9.94. The van der Waals surface area contributed by atoms with Crippen LogP contribution in [-0.2, 0) is 20.8 Å². The van der Waals surface area contributed by atoms with Crippen molar-refractivity contribution in [1.82, 2.24) is 5.32 Å². The molecule has 34 heavy (non-hydrogen) atoms. The Kier molecular flexibility index (Phi) is 7.22. The highest BCUT2D eigenvalue weighted by atomic mass is 16.3. The quantitative estimate of drug-likeness (QED) is 0.523. The second-order valence-electron chi connectivity index (χ2n) is 8.19. The summed E-state index contributed by atoms with van der Waals surface area (Å²) in [6.45, 7) is 2.14. The number of hydrogen-bond donors (Lipinski definition) is 2. The van der Waals surface area contributed by atoms with Gasteiger partial charge in [0.05, 0.1) is 6.26 Å². The molecule has 0 aliphatic carbocycles. The molecule has 0 saturated heterocycles. The van der Waals surface area contributed by atoms with E-state index in [9.17, 15) is 14.4 Å². The predicted molar refractivity (Wildman–Crippen MR) is 131 cm³/mol. The van der Waals surface area contributed by atoms with Crippen LogP contribution in [0.1, 0.15) is 29.7 Å². The van der Waals surface area contributed by atoms with Gasteiger partial charge in [-0.1, -0.05) is 35.9 Å². The van der Waals surface area contributed by atoms with E-state index in [4.69, 9.17) is 4.42 Å². The van der Waals surface area contributed by atoms with Crippen molar-refractivity contribution in [3.05, 3.63) is 89.9 Å². The van der Waals surface area contributed by atoms with Gasteiger partial charge in [0.25, 0.3) is 0 Å². The average molecular weight is 458 g/mol. The van der Waals surface area contributed by atoms with Crippen molar-refractivity contribution in [2.75, 3.05) is 16.8 Å². The predicted octanol–water partition coefficient (Wildman–Crippen LogP) is 4.09. The summed E-state index contributed by atoms with van der Waals surface area (Å²) in [7, 11) is 0. The summed E-state index contributed by atoms with van der Waals surface area (Å²) in [6.07, 6.45) is 5.75. The smallest absolute Gasteiger partial charge is 0.247 e. The van der Waals surface area contributed by atoms with Gasteiger partial charge in [0.15, 0.2) is 0 Å². The monoisotopic (exact) mass is 457 g/mol. The number of nitrogens with zero attached hydrogens (tertiary/aromatic N) is 1. The first-order chi connectivity index (χ1) is 16.5. The lowest BCUT2D eigenvalue weighted by Gasteiger charge is -2.36. The van der Waals surface area contributed by atoms with Crippen molar-refractivity contribution in [3.63, 3.8) is 0 Å². The summed E-state index contributed by atoms with van der Waals surface area (Å²) in [5, 5.41) is 5.65. The number of nitrogens with one attached hydrogen (secondary N) is 2. The number of amides is 3. The number of para-hydroxylation sites is 1. The molecule has 2 heterocycles. The van der Waals surface area contributed by atoms with Crippen LogP contribution in [0.2, 0.25) is 0 Å². The third-order valence-corrected chi connectivity index (χ3v) is 5.72. The molecule has 3 amide bonds. The number of carbonyl (C=O) groups excluding carboxylic acids is 3. The Bertz CT molecular complexity index is 1180. The highest BCUT2D eigenvalue weighted by Gasteiger charge is 2.35. The van der Waals surface area contributed by atoms with Crippen LogP contribution in [0.5, 0.6) is 0 Å². The molecule has 0 fully saturated rings. The van der Waals surface area contributed by atoms with Crippen molar-refractivity contribution >= 4 is 35.2 Å². The van der Waals surface area contributed by atoms with E-state index in [2.05, 4.69) is 10.6 Å². The number of hydrogen-bond acceptors (Lipinski definition) is 4. The zero-order valence-electron chi connectivity index (χ0n) is 19.0. The first kappa shape index (κ1) is 23.0. The molecule has 0 saturated carbocycles. The van der Waals surface area contributed by atoms with Crippen molar-refractivity contribution in [2.24, 2.45) is 0 Å². The van der Waals surface area contributed by atoms with Crippen LogP contribution in [0.15, 0.2) is 77.4 Å². The Balaban J connectivity index is 1.43. The molecule has 1 aliphatic heterocycles. The molecule has 2 N–H and O–H groups in total. The maximum atomic E-state index is 13.3. The molecule has 2 aromatic carbocycles. The highest BCUT2D eigenvalue weighted by Crippen LogP contribution is 2.31. The van der Waals surface area contributed by atoms with Crippen molar-refractivity contribution in [2.45, 2.75) is 32.2 Å². The van der Waals surface area contributed by atoms with E-state index in [1.807, 2.05) is 55.5 Å². The number of furan rings is 1. The Morgan fingerprint density at radius 3 is 2.62 bits per heavy atom. The summed E-state index contributed by atoms with van der Waals surface area (Å²) in [4.78, 5) is 40.1. The molecule has 0 bridgehead atoms. The van der Waals surface area contributed by atoms with Gasteiger partial charge in [-0.2, -0.15) is 0 Å². The van der Waals surface area contributed by atoms with Crippen LogP contribution in [0.3, 0.4) is 0 Å².